The maximum Gasteiger partial charge on any atom is 0.270 e. The van der Waals surface area contributed by atoms with Gasteiger partial charge in [-0.15, -0.1) is 11.3 Å². The molecule has 9 heteroatoms. The number of hydrogen-bond donors (Lipinski definition) is 1. The Labute approximate surface area is 199 Å². The number of thiazole rings is 1. The summed E-state index contributed by atoms with van der Waals surface area (Å²) in [5, 5.41) is 16.2. The monoisotopic (exact) mass is 476 g/mol. The lowest BCUT2D eigenvalue weighted by molar-refractivity contribution is -0.384. The minimum Gasteiger partial charge on any atom is -0.352 e. The number of carbonyl (C=O) groups excluding carboxylic acids is 1. The molecule has 0 aliphatic carbocycles. The predicted molar refractivity (Wildman–Crippen MR) is 131 cm³/mol. The largest absolute Gasteiger partial charge is 0.352 e. The van der Waals surface area contributed by atoms with Crippen molar-refractivity contribution >= 4 is 33.8 Å². The molecule has 1 amide bonds. The molecule has 3 aromatic carbocycles. The minimum atomic E-state index is -0.452. The first-order valence-corrected chi connectivity index (χ1v) is 11.4. The van der Waals surface area contributed by atoms with Gasteiger partial charge in [-0.2, -0.15) is 0 Å². The van der Waals surface area contributed by atoms with E-state index in [0.717, 1.165) is 5.56 Å². The Balaban J connectivity index is 1.67. The number of aromatic nitrogens is 1. The standard InChI is InChI=1S/C25H21FN4O3S/c1-2-27-24(31)18-12-10-17(11-13-18)15-29(23-9-4-3-8-21(23)26)25-28-22(16-34-25)19-6-5-7-20(14-19)30(32)33/h3-14,16H,2,15H2,1H3,(H,27,31). The number of halogens is 1. The molecular formula is C25H21FN4O3S. The molecule has 4 rings (SSSR count). The Bertz CT molecular complexity index is 1320. The van der Waals surface area contributed by atoms with E-state index in [2.05, 4.69) is 10.3 Å². The van der Waals surface area contributed by atoms with Crippen LogP contribution in [0.5, 0.6) is 0 Å². The zero-order valence-corrected chi connectivity index (χ0v) is 19.1. The number of amides is 1. The van der Waals surface area contributed by atoms with E-state index in [1.165, 1.54) is 29.5 Å². The van der Waals surface area contributed by atoms with Crippen molar-refractivity contribution in [1.82, 2.24) is 10.3 Å². The lowest BCUT2D eigenvalue weighted by Crippen LogP contribution is -2.22. The van der Waals surface area contributed by atoms with Gasteiger partial charge in [0.2, 0.25) is 0 Å². The molecule has 0 saturated carbocycles. The lowest BCUT2D eigenvalue weighted by Gasteiger charge is -2.23. The molecule has 0 saturated heterocycles. The van der Waals surface area contributed by atoms with Gasteiger partial charge in [-0.05, 0) is 36.8 Å². The summed E-state index contributed by atoms with van der Waals surface area (Å²) in [5.41, 5.74) is 2.92. The van der Waals surface area contributed by atoms with Gasteiger partial charge in [-0.3, -0.25) is 14.9 Å². The van der Waals surface area contributed by atoms with Crippen LogP contribution in [0.15, 0.2) is 78.2 Å². The van der Waals surface area contributed by atoms with Crippen molar-refractivity contribution in [1.29, 1.82) is 0 Å². The van der Waals surface area contributed by atoms with Crippen LogP contribution in [0, 0.1) is 15.9 Å². The smallest absolute Gasteiger partial charge is 0.270 e. The summed E-state index contributed by atoms with van der Waals surface area (Å²) in [6, 6.07) is 19.8. The fraction of sp³-hybridized carbons (Fsp3) is 0.120. The highest BCUT2D eigenvalue weighted by atomic mass is 32.1. The Morgan fingerprint density at radius 1 is 1.12 bits per heavy atom. The normalized spacial score (nSPS) is 10.6. The van der Waals surface area contributed by atoms with Gasteiger partial charge >= 0.3 is 0 Å². The van der Waals surface area contributed by atoms with Crippen LogP contribution >= 0.6 is 11.3 Å². The molecule has 172 valence electrons. The summed E-state index contributed by atoms with van der Waals surface area (Å²) in [4.78, 5) is 29.1. The number of rotatable bonds is 8. The third kappa shape index (κ3) is 5.10. The zero-order valence-electron chi connectivity index (χ0n) is 18.3. The third-order valence-electron chi connectivity index (χ3n) is 5.11. The van der Waals surface area contributed by atoms with Gasteiger partial charge < -0.3 is 10.2 Å². The van der Waals surface area contributed by atoms with Gasteiger partial charge in [-0.1, -0.05) is 36.4 Å². The van der Waals surface area contributed by atoms with Crippen molar-refractivity contribution in [3.63, 3.8) is 0 Å². The molecule has 0 unspecified atom stereocenters. The Kier molecular flexibility index (Phi) is 6.93. The number of non-ortho nitro benzene ring substituents is 1. The molecule has 0 bridgehead atoms. The number of nitrogens with zero attached hydrogens (tertiary/aromatic N) is 3. The summed E-state index contributed by atoms with van der Waals surface area (Å²) in [5.74, 6) is -0.546. The first-order chi connectivity index (χ1) is 16.5. The second kappa shape index (κ2) is 10.2. The molecule has 0 radical (unpaired) electrons. The lowest BCUT2D eigenvalue weighted by atomic mass is 10.1. The number of nitro groups is 1. The third-order valence-corrected chi connectivity index (χ3v) is 5.98. The molecule has 4 aromatic rings. The molecule has 0 spiro atoms. The summed E-state index contributed by atoms with van der Waals surface area (Å²) >= 11 is 1.32. The van der Waals surface area contributed by atoms with Crippen LogP contribution in [0.3, 0.4) is 0 Å². The average molecular weight is 477 g/mol. The van der Waals surface area contributed by atoms with Crippen molar-refractivity contribution in [2.24, 2.45) is 0 Å². The van der Waals surface area contributed by atoms with E-state index in [0.29, 0.717) is 40.7 Å². The number of carbonyl (C=O) groups is 1. The van der Waals surface area contributed by atoms with E-state index in [-0.39, 0.29) is 11.6 Å². The van der Waals surface area contributed by atoms with E-state index in [1.807, 2.05) is 19.1 Å². The Morgan fingerprint density at radius 2 is 1.88 bits per heavy atom. The highest BCUT2D eigenvalue weighted by molar-refractivity contribution is 7.14. The van der Waals surface area contributed by atoms with E-state index < -0.39 is 10.7 Å². The van der Waals surface area contributed by atoms with Crippen LogP contribution in [-0.2, 0) is 6.54 Å². The Morgan fingerprint density at radius 3 is 2.59 bits per heavy atom. The molecule has 1 heterocycles. The number of hydrogen-bond acceptors (Lipinski definition) is 6. The predicted octanol–water partition coefficient (Wildman–Crippen LogP) is 5.95. The zero-order chi connectivity index (χ0) is 24.1. The summed E-state index contributed by atoms with van der Waals surface area (Å²) in [6.07, 6.45) is 0. The highest BCUT2D eigenvalue weighted by Crippen LogP contribution is 2.35. The van der Waals surface area contributed by atoms with Crippen molar-refractivity contribution in [2.75, 3.05) is 11.4 Å². The average Bonchev–Trinajstić information content (AvgIpc) is 3.34. The van der Waals surface area contributed by atoms with E-state index in [1.54, 1.807) is 52.7 Å². The number of para-hydroxylation sites is 1. The molecule has 1 N–H and O–H groups in total. The SMILES string of the molecule is CCNC(=O)c1ccc(CN(c2nc(-c3cccc([N+](=O)[O-])c3)cs2)c2ccccc2F)cc1. The molecule has 0 atom stereocenters. The van der Waals surface area contributed by atoms with Gasteiger partial charge in [0.25, 0.3) is 11.6 Å². The van der Waals surface area contributed by atoms with Gasteiger partial charge in [0.05, 0.1) is 22.8 Å². The molecular weight excluding hydrogens is 455 g/mol. The van der Waals surface area contributed by atoms with Gasteiger partial charge in [0, 0.05) is 35.2 Å². The summed E-state index contributed by atoms with van der Waals surface area (Å²) in [6.45, 7) is 2.71. The number of nitrogens with one attached hydrogen (secondary N) is 1. The van der Waals surface area contributed by atoms with Crippen molar-refractivity contribution in [3.8, 4) is 11.3 Å². The number of anilines is 2. The quantitative estimate of drug-likeness (QED) is 0.251. The minimum absolute atomic E-state index is 0.0230. The molecule has 34 heavy (non-hydrogen) atoms. The fourth-order valence-electron chi connectivity index (χ4n) is 3.43. The van der Waals surface area contributed by atoms with Gasteiger partial charge in [-0.25, -0.2) is 9.37 Å². The van der Waals surface area contributed by atoms with E-state index in [9.17, 15) is 19.3 Å². The first kappa shape index (κ1) is 23.1. The number of benzene rings is 3. The molecule has 0 aliphatic rings. The fourth-order valence-corrected chi connectivity index (χ4v) is 4.28. The second-order valence-corrected chi connectivity index (χ2v) is 8.25. The van der Waals surface area contributed by atoms with Crippen LogP contribution < -0.4 is 10.2 Å². The van der Waals surface area contributed by atoms with Crippen molar-refractivity contribution < 1.29 is 14.1 Å². The first-order valence-electron chi connectivity index (χ1n) is 10.6. The Hall–Kier alpha value is -4.11. The van der Waals surface area contributed by atoms with Gasteiger partial charge in [0.15, 0.2) is 5.13 Å². The second-order valence-electron chi connectivity index (χ2n) is 7.42. The maximum absolute atomic E-state index is 14.8. The molecule has 0 fully saturated rings. The van der Waals surface area contributed by atoms with Crippen LogP contribution in [0.2, 0.25) is 0 Å². The van der Waals surface area contributed by atoms with Crippen LogP contribution in [0.4, 0.5) is 20.9 Å². The van der Waals surface area contributed by atoms with Crippen molar-refractivity contribution in [2.45, 2.75) is 13.5 Å². The molecule has 1 aromatic heterocycles. The van der Waals surface area contributed by atoms with Crippen molar-refractivity contribution in [3.05, 3.63) is 105 Å². The van der Waals surface area contributed by atoms with Crippen LogP contribution in [-0.4, -0.2) is 22.4 Å². The highest BCUT2D eigenvalue weighted by Gasteiger charge is 2.19. The summed E-state index contributed by atoms with van der Waals surface area (Å²) in [7, 11) is 0. The molecule has 0 aliphatic heterocycles. The van der Waals surface area contributed by atoms with Gasteiger partial charge in [0.1, 0.15) is 5.82 Å². The van der Waals surface area contributed by atoms with Crippen LogP contribution in [0.25, 0.3) is 11.3 Å². The topological polar surface area (TPSA) is 88.4 Å². The maximum atomic E-state index is 14.8. The molecule has 7 nitrogen and oxygen atoms in total. The summed E-state index contributed by atoms with van der Waals surface area (Å²) < 4.78 is 14.8. The van der Waals surface area contributed by atoms with E-state index >= 15 is 0 Å². The number of nitro benzene ring substituents is 1. The van der Waals surface area contributed by atoms with E-state index in [4.69, 9.17) is 0 Å². The van der Waals surface area contributed by atoms with Crippen LogP contribution in [0.1, 0.15) is 22.8 Å².